The zero-order valence-electron chi connectivity index (χ0n) is 18.2. The Labute approximate surface area is 189 Å². The highest BCUT2D eigenvalue weighted by Gasteiger charge is 2.42. The summed E-state index contributed by atoms with van der Waals surface area (Å²) in [6.07, 6.45) is 6.65. The van der Waals surface area contributed by atoms with Gasteiger partial charge in [-0.1, -0.05) is 54.6 Å². The Balaban J connectivity index is 1.53. The molecule has 5 nitrogen and oxygen atoms in total. The van der Waals surface area contributed by atoms with Gasteiger partial charge in [-0.3, -0.25) is 14.6 Å². The molecule has 2 N–H and O–H groups in total. The number of nitrogens with two attached hydrogens (primary N) is 1. The lowest BCUT2D eigenvalue weighted by atomic mass is 9.73. The minimum Gasteiger partial charge on any atom is -0.369 e. The molecule has 1 atom stereocenters. The number of pyridine rings is 1. The van der Waals surface area contributed by atoms with Crippen molar-refractivity contribution >= 4 is 11.8 Å². The highest BCUT2D eigenvalue weighted by molar-refractivity contribution is 5.84. The summed E-state index contributed by atoms with van der Waals surface area (Å²) in [6.45, 7) is 1.05. The summed E-state index contributed by atoms with van der Waals surface area (Å²) >= 11 is 0. The molecule has 1 saturated heterocycles. The molecule has 2 aromatic carbocycles. The fourth-order valence-corrected chi connectivity index (χ4v) is 4.68. The number of hydrogen-bond acceptors (Lipinski definition) is 3. The van der Waals surface area contributed by atoms with Crippen molar-refractivity contribution in [3.8, 4) is 11.1 Å². The van der Waals surface area contributed by atoms with Crippen molar-refractivity contribution in [3.63, 3.8) is 0 Å². The Kier molecular flexibility index (Phi) is 6.64. The summed E-state index contributed by atoms with van der Waals surface area (Å²) in [4.78, 5) is 31.7. The first-order valence-corrected chi connectivity index (χ1v) is 11.2. The van der Waals surface area contributed by atoms with E-state index in [9.17, 15) is 9.59 Å². The van der Waals surface area contributed by atoms with Crippen molar-refractivity contribution in [2.45, 2.75) is 32.1 Å². The van der Waals surface area contributed by atoms with Crippen LogP contribution in [0.15, 0.2) is 79.1 Å². The molecule has 0 aliphatic carbocycles. The van der Waals surface area contributed by atoms with Gasteiger partial charge in [0.2, 0.25) is 11.8 Å². The Bertz CT molecular complexity index is 1070. The molecular formula is C27H29N3O2. The summed E-state index contributed by atoms with van der Waals surface area (Å²) in [6, 6.07) is 22.0. The van der Waals surface area contributed by atoms with Gasteiger partial charge in [0.25, 0.3) is 0 Å². The second-order valence-electron chi connectivity index (χ2n) is 8.62. The molecule has 3 aromatic rings. The maximum Gasteiger partial charge on any atom is 0.225 e. The van der Waals surface area contributed by atoms with Gasteiger partial charge < -0.3 is 10.6 Å². The van der Waals surface area contributed by atoms with E-state index in [1.165, 1.54) is 0 Å². The maximum atomic E-state index is 13.0. The van der Waals surface area contributed by atoms with E-state index in [0.717, 1.165) is 28.7 Å². The van der Waals surface area contributed by atoms with Crippen LogP contribution in [-0.4, -0.2) is 34.8 Å². The predicted molar refractivity (Wildman–Crippen MR) is 126 cm³/mol. The van der Waals surface area contributed by atoms with Crippen LogP contribution in [0.5, 0.6) is 0 Å². The summed E-state index contributed by atoms with van der Waals surface area (Å²) in [5.74, 6) is -0.246. The number of likely N-dealkylation sites (tertiary alicyclic amines) is 1. The van der Waals surface area contributed by atoms with Crippen LogP contribution in [0.25, 0.3) is 11.1 Å². The standard InChI is InChI=1S/C27H29N3O2/c28-26(32)27(19-23-9-4-5-10-24(23)22-13-16-29-17-14-22)15-6-18-30(20-27)25(31)12-11-21-7-2-1-3-8-21/h1-5,7-10,13-14,16-17H,6,11-12,15,18-20H2,(H2,28,32)/t27-/m0/s1. The van der Waals surface area contributed by atoms with Crippen molar-refractivity contribution in [2.75, 3.05) is 13.1 Å². The van der Waals surface area contributed by atoms with Crippen LogP contribution in [0, 0.1) is 5.41 Å². The summed E-state index contributed by atoms with van der Waals surface area (Å²) in [5, 5.41) is 0. The average Bonchev–Trinajstić information content (AvgIpc) is 2.84. The van der Waals surface area contributed by atoms with Gasteiger partial charge >= 0.3 is 0 Å². The molecule has 164 valence electrons. The molecule has 0 saturated carbocycles. The van der Waals surface area contributed by atoms with E-state index in [0.29, 0.717) is 38.8 Å². The van der Waals surface area contributed by atoms with E-state index in [1.54, 1.807) is 12.4 Å². The van der Waals surface area contributed by atoms with Gasteiger partial charge in [0.1, 0.15) is 0 Å². The van der Waals surface area contributed by atoms with Crippen molar-refractivity contribution in [1.29, 1.82) is 0 Å². The van der Waals surface area contributed by atoms with E-state index < -0.39 is 5.41 Å². The van der Waals surface area contributed by atoms with Crippen LogP contribution in [-0.2, 0) is 22.4 Å². The highest BCUT2D eigenvalue weighted by Crippen LogP contribution is 2.37. The second kappa shape index (κ2) is 9.77. The van der Waals surface area contributed by atoms with Crippen LogP contribution in [0.2, 0.25) is 0 Å². The monoisotopic (exact) mass is 427 g/mol. The van der Waals surface area contributed by atoms with E-state index in [-0.39, 0.29) is 11.8 Å². The van der Waals surface area contributed by atoms with Crippen molar-refractivity contribution in [1.82, 2.24) is 9.88 Å². The summed E-state index contributed by atoms with van der Waals surface area (Å²) in [5.41, 5.74) is 9.56. The largest absolute Gasteiger partial charge is 0.369 e. The number of carbonyl (C=O) groups is 2. The number of benzene rings is 2. The van der Waals surface area contributed by atoms with Gasteiger partial charge in [-0.05, 0) is 60.1 Å². The number of amides is 2. The van der Waals surface area contributed by atoms with Gasteiger partial charge in [-0.15, -0.1) is 0 Å². The van der Waals surface area contributed by atoms with Gasteiger partial charge in [0, 0.05) is 31.9 Å². The van der Waals surface area contributed by atoms with Gasteiger partial charge in [-0.25, -0.2) is 0 Å². The molecule has 1 aliphatic rings. The average molecular weight is 428 g/mol. The first-order valence-electron chi connectivity index (χ1n) is 11.2. The molecule has 0 unspecified atom stereocenters. The molecule has 0 bridgehead atoms. The number of primary amides is 1. The lowest BCUT2D eigenvalue weighted by Gasteiger charge is -2.41. The molecule has 4 rings (SSSR count). The highest BCUT2D eigenvalue weighted by atomic mass is 16.2. The van der Waals surface area contributed by atoms with Crippen LogP contribution < -0.4 is 5.73 Å². The summed E-state index contributed by atoms with van der Waals surface area (Å²) in [7, 11) is 0. The molecular weight excluding hydrogens is 398 g/mol. The summed E-state index contributed by atoms with van der Waals surface area (Å²) < 4.78 is 0. The van der Waals surface area contributed by atoms with Crippen LogP contribution in [0.3, 0.4) is 0 Å². The van der Waals surface area contributed by atoms with Crippen molar-refractivity contribution in [2.24, 2.45) is 11.1 Å². The van der Waals surface area contributed by atoms with Crippen LogP contribution in [0.1, 0.15) is 30.4 Å². The third-order valence-electron chi connectivity index (χ3n) is 6.46. The first-order chi connectivity index (χ1) is 15.6. The lowest BCUT2D eigenvalue weighted by molar-refractivity contribution is -0.139. The number of rotatable bonds is 7. The Morgan fingerprint density at radius 2 is 1.69 bits per heavy atom. The van der Waals surface area contributed by atoms with Gasteiger partial charge in [0.15, 0.2) is 0 Å². The fourth-order valence-electron chi connectivity index (χ4n) is 4.68. The molecule has 1 aliphatic heterocycles. The van der Waals surface area contributed by atoms with E-state index in [4.69, 9.17) is 5.73 Å². The zero-order valence-corrected chi connectivity index (χ0v) is 18.2. The van der Waals surface area contributed by atoms with Crippen molar-refractivity contribution in [3.05, 3.63) is 90.3 Å². The number of aromatic nitrogens is 1. The predicted octanol–water partition coefficient (Wildman–Crippen LogP) is 4.02. The third-order valence-corrected chi connectivity index (χ3v) is 6.46. The quantitative estimate of drug-likeness (QED) is 0.619. The second-order valence-corrected chi connectivity index (χ2v) is 8.62. The molecule has 2 heterocycles. The Hall–Kier alpha value is -3.47. The minimum absolute atomic E-state index is 0.0848. The zero-order chi connectivity index (χ0) is 22.4. The number of piperidine rings is 1. The SMILES string of the molecule is NC(=O)[C@]1(Cc2ccccc2-c2ccncc2)CCCN(C(=O)CCc2ccccc2)C1. The molecule has 1 aromatic heterocycles. The lowest BCUT2D eigenvalue weighted by Crippen LogP contribution is -2.53. The molecule has 32 heavy (non-hydrogen) atoms. The first kappa shape index (κ1) is 21.8. The van der Waals surface area contributed by atoms with Crippen molar-refractivity contribution < 1.29 is 9.59 Å². The van der Waals surface area contributed by atoms with Crippen LogP contribution in [0.4, 0.5) is 0 Å². The van der Waals surface area contributed by atoms with Crippen LogP contribution >= 0.6 is 0 Å². The molecule has 0 radical (unpaired) electrons. The molecule has 5 heteroatoms. The van der Waals surface area contributed by atoms with Gasteiger partial charge in [-0.2, -0.15) is 0 Å². The Morgan fingerprint density at radius 1 is 0.969 bits per heavy atom. The minimum atomic E-state index is -0.760. The van der Waals surface area contributed by atoms with E-state index in [1.807, 2.05) is 59.5 Å². The number of aryl methyl sites for hydroxylation is 1. The third kappa shape index (κ3) is 4.88. The topological polar surface area (TPSA) is 76.3 Å². The Morgan fingerprint density at radius 3 is 2.44 bits per heavy atom. The number of hydrogen-bond donors (Lipinski definition) is 1. The molecule has 0 spiro atoms. The molecule has 2 amide bonds. The van der Waals surface area contributed by atoms with E-state index >= 15 is 0 Å². The molecule has 1 fully saturated rings. The normalized spacial score (nSPS) is 18.3. The van der Waals surface area contributed by atoms with Gasteiger partial charge in [0.05, 0.1) is 5.41 Å². The maximum absolute atomic E-state index is 13.0. The fraction of sp³-hybridized carbons (Fsp3) is 0.296. The number of nitrogens with zero attached hydrogens (tertiary/aromatic N) is 2. The smallest absolute Gasteiger partial charge is 0.225 e. The van der Waals surface area contributed by atoms with E-state index in [2.05, 4.69) is 17.1 Å². The number of carbonyl (C=O) groups excluding carboxylic acids is 2.